The number of nitrogens with zero attached hydrogens (tertiary/aromatic N) is 1. The number of benzene rings is 1. The third-order valence-corrected chi connectivity index (χ3v) is 5.01. The Hall–Kier alpha value is -1.97. The fourth-order valence-corrected chi connectivity index (χ4v) is 3.34. The van der Waals surface area contributed by atoms with Crippen LogP contribution in [0.2, 0.25) is 10.0 Å². The average molecular weight is 413 g/mol. The molecule has 2 atom stereocenters. The van der Waals surface area contributed by atoms with Gasteiger partial charge in [-0.15, -0.1) is 0 Å². The molecule has 8 heteroatoms. The maximum atomic E-state index is 12.4. The summed E-state index contributed by atoms with van der Waals surface area (Å²) in [6.45, 7) is 2.96. The van der Waals surface area contributed by atoms with Crippen LogP contribution in [0.1, 0.15) is 46.0 Å². The second kappa shape index (κ2) is 9.29. The SMILES string of the molecule is C[C@@H](OC(=O)[C@@H](C)Oc1ccc(Cl)cc1Cl)C(=O)NC1(C#N)CCCCC1. The van der Waals surface area contributed by atoms with Gasteiger partial charge in [0.15, 0.2) is 12.2 Å². The molecule has 1 aromatic carbocycles. The molecule has 0 aliphatic heterocycles. The number of ether oxygens (including phenoxy) is 2. The molecule has 0 spiro atoms. The minimum Gasteiger partial charge on any atom is -0.477 e. The molecule has 0 saturated heterocycles. The summed E-state index contributed by atoms with van der Waals surface area (Å²) in [7, 11) is 0. The fourth-order valence-electron chi connectivity index (χ4n) is 2.89. The molecule has 1 saturated carbocycles. The van der Waals surface area contributed by atoms with Crippen molar-refractivity contribution in [2.75, 3.05) is 0 Å². The molecule has 1 aromatic rings. The molecule has 0 aromatic heterocycles. The van der Waals surface area contributed by atoms with E-state index in [1.54, 1.807) is 12.1 Å². The number of carbonyl (C=O) groups is 2. The molecule has 1 fully saturated rings. The molecule has 2 rings (SSSR count). The van der Waals surface area contributed by atoms with Gasteiger partial charge in [-0.2, -0.15) is 5.26 Å². The number of esters is 1. The number of carbonyl (C=O) groups excluding carboxylic acids is 2. The first-order valence-corrected chi connectivity index (χ1v) is 9.57. The van der Waals surface area contributed by atoms with Crippen LogP contribution >= 0.6 is 23.2 Å². The molecular formula is C19H22Cl2N2O4. The molecule has 0 heterocycles. The molecule has 6 nitrogen and oxygen atoms in total. The van der Waals surface area contributed by atoms with Crippen LogP contribution in [0.3, 0.4) is 0 Å². The molecule has 0 bridgehead atoms. The van der Waals surface area contributed by atoms with E-state index in [2.05, 4.69) is 11.4 Å². The highest BCUT2D eigenvalue weighted by atomic mass is 35.5. The van der Waals surface area contributed by atoms with Crippen molar-refractivity contribution in [2.24, 2.45) is 0 Å². The number of amides is 1. The number of hydrogen-bond donors (Lipinski definition) is 1. The lowest BCUT2D eigenvalue weighted by Crippen LogP contribution is -2.52. The zero-order valence-corrected chi connectivity index (χ0v) is 16.8. The van der Waals surface area contributed by atoms with E-state index in [-0.39, 0.29) is 10.8 Å². The fraction of sp³-hybridized carbons (Fsp3) is 0.526. The van der Waals surface area contributed by atoms with Gasteiger partial charge in [0, 0.05) is 5.02 Å². The van der Waals surface area contributed by atoms with Crippen molar-refractivity contribution < 1.29 is 19.1 Å². The molecule has 146 valence electrons. The van der Waals surface area contributed by atoms with Crippen LogP contribution in [0.25, 0.3) is 0 Å². The Kier molecular flexibility index (Phi) is 7.34. The van der Waals surface area contributed by atoms with Gasteiger partial charge < -0.3 is 14.8 Å². The maximum absolute atomic E-state index is 12.4. The summed E-state index contributed by atoms with van der Waals surface area (Å²) in [5, 5.41) is 12.9. The summed E-state index contributed by atoms with van der Waals surface area (Å²) < 4.78 is 10.7. The maximum Gasteiger partial charge on any atom is 0.347 e. The monoisotopic (exact) mass is 412 g/mol. The summed E-state index contributed by atoms with van der Waals surface area (Å²) in [5.74, 6) is -0.921. The van der Waals surface area contributed by atoms with E-state index in [4.69, 9.17) is 32.7 Å². The van der Waals surface area contributed by atoms with Crippen molar-refractivity contribution >= 4 is 35.1 Å². The van der Waals surface area contributed by atoms with E-state index >= 15 is 0 Å². The molecule has 0 radical (unpaired) electrons. The lowest BCUT2D eigenvalue weighted by molar-refractivity contribution is -0.161. The predicted octanol–water partition coefficient (Wildman–Crippen LogP) is 4.04. The smallest absolute Gasteiger partial charge is 0.347 e. The Morgan fingerprint density at radius 2 is 1.85 bits per heavy atom. The Balaban J connectivity index is 1.91. The zero-order valence-electron chi connectivity index (χ0n) is 15.3. The minimum absolute atomic E-state index is 0.265. The molecular weight excluding hydrogens is 391 g/mol. The first-order valence-electron chi connectivity index (χ1n) is 8.82. The van der Waals surface area contributed by atoms with Gasteiger partial charge in [-0.1, -0.05) is 42.5 Å². The second-order valence-electron chi connectivity index (χ2n) is 6.66. The van der Waals surface area contributed by atoms with E-state index in [1.165, 1.54) is 19.9 Å². The van der Waals surface area contributed by atoms with E-state index in [9.17, 15) is 14.9 Å². The van der Waals surface area contributed by atoms with Gasteiger partial charge >= 0.3 is 5.97 Å². The lowest BCUT2D eigenvalue weighted by Gasteiger charge is -2.32. The van der Waals surface area contributed by atoms with Gasteiger partial charge in [0.05, 0.1) is 11.1 Å². The summed E-state index contributed by atoms with van der Waals surface area (Å²) in [5.41, 5.74) is -0.880. The normalized spacial score (nSPS) is 17.9. The number of nitrogens with one attached hydrogen (secondary N) is 1. The van der Waals surface area contributed by atoms with Gasteiger partial charge in [0.2, 0.25) is 0 Å². The van der Waals surface area contributed by atoms with Gasteiger partial charge in [-0.05, 0) is 44.9 Å². The largest absolute Gasteiger partial charge is 0.477 e. The Morgan fingerprint density at radius 3 is 2.44 bits per heavy atom. The molecule has 1 amide bonds. The van der Waals surface area contributed by atoms with E-state index in [0.717, 1.165) is 19.3 Å². The van der Waals surface area contributed by atoms with Gasteiger partial charge in [0.1, 0.15) is 11.3 Å². The van der Waals surface area contributed by atoms with E-state index < -0.39 is 29.6 Å². The van der Waals surface area contributed by atoms with Crippen LogP contribution in [-0.2, 0) is 14.3 Å². The van der Waals surface area contributed by atoms with Gasteiger partial charge in [0.25, 0.3) is 5.91 Å². The van der Waals surface area contributed by atoms with Crippen LogP contribution in [0, 0.1) is 11.3 Å². The highest BCUT2D eigenvalue weighted by molar-refractivity contribution is 6.35. The Bertz CT molecular complexity index is 742. The quantitative estimate of drug-likeness (QED) is 0.712. The van der Waals surface area contributed by atoms with Crippen LogP contribution in [-0.4, -0.2) is 29.6 Å². The summed E-state index contributed by atoms with van der Waals surface area (Å²) >= 11 is 11.8. The third-order valence-electron chi connectivity index (χ3n) is 4.48. The van der Waals surface area contributed by atoms with Crippen LogP contribution in [0.15, 0.2) is 18.2 Å². The molecule has 1 aliphatic rings. The van der Waals surface area contributed by atoms with Crippen molar-refractivity contribution in [3.05, 3.63) is 28.2 Å². The van der Waals surface area contributed by atoms with E-state index in [0.29, 0.717) is 17.9 Å². The van der Waals surface area contributed by atoms with E-state index in [1.807, 2.05) is 0 Å². The van der Waals surface area contributed by atoms with Crippen molar-refractivity contribution in [1.82, 2.24) is 5.32 Å². The average Bonchev–Trinajstić information content (AvgIpc) is 2.64. The number of halogens is 2. The summed E-state index contributed by atoms with van der Waals surface area (Å²) in [6.07, 6.45) is 2.00. The molecule has 0 unspecified atom stereocenters. The molecule has 27 heavy (non-hydrogen) atoms. The molecule has 1 aliphatic carbocycles. The van der Waals surface area contributed by atoms with Crippen LogP contribution in [0.4, 0.5) is 0 Å². The number of rotatable bonds is 6. The van der Waals surface area contributed by atoms with Crippen molar-refractivity contribution in [3.8, 4) is 11.8 Å². The van der Waals surface area contributed by atoms with Crippen molar-refractivity contribution in [1.29, 1.82) is 5.26 Å². The predicted molar refractivity (Wildman–Crippen MR) is 102 cm³/mol. The van der Waals surface area contributed by atoms with Crippen LogP contribution in [0.5, 0.6) is 5.75 Å². The highest BCUT2D eigenvalue weighted by Crippen LogP contribution is 2.29. The summed E-state index contributed by atoms with van der Waals surface area (Å²) in [6, 6.07) is 6.83. The van der Waals surface area contributed by atoms with Crippen molar-refractivity contribution in [2.45, 2.75) is 63.7 Å². The third kappa shape index (κ3) is 5.75. The molecule has 1 N–H and O–H groups in total. The zero-order chi connectivity index (χ0) is 20.0. The Morgan fingerprint density at radius 1 is 1.19 bits per heavy atom. The first-order chi connectivity index (χ1) is 12.8. The topological polar surface area (TPSA) is 88.4 Å². The highest BCUT2D eigenvalue weighted by Gasteiger charge is 2.35. The standard InChI is InChI=1S/C19H22Cl2N2O4/c1-12(17(24)23-19(11-22)8-4-3-5-9-19)27-18(25)13(2)26-16-7-6-14(20)10-15(16)21/h6-7,10,12-13H,3-5,8-9H2,1-2H3,(H,23,24)/t12-,13-/m1/s1. The first kappa shape index (κ1) is 21.3. The number of hydrogen-bond acceptors (Lipinski definition) is 5. The second-order valence-corrected chi connectivity index (χ2v) is 7.50. The Labute approximate surface area is 168 Å². The summed E-state index contributed by atoms with van der Waals surface area (Å²) in [4.78, 5) is 24.6. The van der Waals surface area contributed by atoms with Crippen LogP contribution < -0.4 is 10.1 Å². The number of nitriles is 1. The lowest BCUT2D eigenvalue weighted by atomic mass is 9.83. The van der Waals surface area contributed by atoms with Gasteiger partial charge in [-0.3, -0.25) is 4.79 Å². The van der Waals surface area contributed by atoms with Gasteiger partial charge in [-0.25, -0.2) is 4.79 Å². The minimum atomic E-state index is -1.05. The van der Waals surface area contributed by atoms with Crippen molar-refractivity contribution in [3.63, 3.8) is 0 Å².